The molecule has 0 aliphatic carbocycles. The molecule has 0 radical (unpaired) electrons. The van der Waals surface area contributed by atoms with E-state index in [9.17, 15) is 4.79 Å². The number of amides is 1. The summed E-state index contributed by atoms with van der Waals surface area (Å²) in [6, 6.07) is 13.4. The summed E-state index contributed by atoms with van der Waals surface area (Å²) in [4.78, 5) is 12.3. The molecule has 1 aliphatic heterocycles. The summed E-state index contributed by atoms with van der Waals surface area (Å²) in [6.07, 6.45) is 0.671. The first-order chi connectivity index (χ1) is 10.2. The number of fused-ring (bicyclic) bond motifs is 1. The van der Waals surface area contributed by atoms with Gasteiger partial charge in [-0.1, -0.05) is 12.1 Å². The van der Waals surface area contributed by atoms with Gasteiger partial charge in [0, 0.05) is 5.69 Å². The largest absolute Gasteiger partial charge is 0.497 e. The van der Waals surface area contributed by atoms with Crippen molar-refractivity contribution in [3.63, 3.8) is 0 Å². The first-order valence-corrected chi connectivity index (χ1v) is 6.83. The van der Waals surface area contributed by atoms with Crippen LogP contribution >= 0.6 is 0 Å². The number of hydrogen-bond donors (Lipinski definition) is 1. The van der Waals surface area contributed by atoms with Gasteiger partial charge in [0.05, 0.1) is 20.1 Å². The third-order valence-electron chi connectivity index (χ3n) is 3.83. The van der Waals surface area contributed by atoms with Crippen LogP contribution in [0.15, 0.2) is 42.5 Å². The van der Waals surface area contributed by atoms with E-state index in [2.05, 4.69) is 5.32 Å². The third-order valence-corrected chi connectivity index (χ3v) is 3.83. The Balaban J connectivity index is 1.91. The van der Waals surface area contributed by atoms with Crippen LogP contribution in [0.25, 0.3) is 0 Å². The van der Waals surface area contributed by atoms with Gasteiger partial charge < -0.3 is 14.8 Å². The molecule has 3 rings (SSSR count). The monoisotopic (exact) mass is 283 g/mol. The van der Waals surface area contributed by atoms with Crippen LogP contribution < -0.4 is 14.8 Å². The van der Waals surface area contributed by atoms with Crippen molar-refractivity contribution in [2.75, 3.05) is 19.5 Å². The molecular weight excluding hydrogens is 266 g/mol. The fourth-order valence-corrected chi connectivity index (χ4v) is 2.63. The molecule has 2 aromatic rings. The van der Waals surface area contributed by atoms with Crippen LogP contribution in [0.5, 0.6) is 11.5 Å². The van der Waals surface area contributed by atoms with E-state index in [0.29, 0.717) is 6.42 Å². The molecule has 0 aromatic heterocycles. The van der Waals surface area contributed by atoms with Crippen LogP contribution in [0.2, 0.25) is 0 Å². The number of anilines is 1. The molecule has 1 heterocycles. The van der Waals surface area contributed by atoms with Gasteiger partial charge in [-0.15, -0.1) is 0 Å². The fraction of sp³-hybridized carbons (Fsp3) is 0.235. The molecular formula is C17H17NO3. The molecule has 0 saturated carbocycles. The first-order valence-electron chi connectivity index (χ1n) is 6.83. The second kappa shape index (κ2) is 5.48. The summed E-state index contributed by atoms with van der Waals surface area (Å²) in [7, 11) is 3.27. The maximum Gasteiger partial charge on any atom is 0.232 e. The average Bonchev–Trinajstić information content (AvgIpc) is 2.54. The van der Waals surface area contributed by atoms with Crippen LogP contribution in [0.1, 0.15) is 17.0 Å². The van der Waals surface area contributed by atoms with E-state index in [1.807, 2.05) is 42.5 Å². The molecule has 0 saturated heterocycles. The SMILES string of the molecule is COc1ccc([C@@H]2Cc3cc(OC)ccc3NC2=O)cc1. The molecule has 1 amide bonds. The zero-order valence-corrected chi connectivity index (χ0v) is 12.1. The lowest BCUT2D eigenvalue weighted by molar-refractivity contribution is -0.117. The lowest BCUT2D eigenvalue weighted by Gasteiger charge is -2.25. The summed E-state index contributed by atoms with van der Waals surface area (Å²) < 4.78 is 10.4. The number of rotatable bonds is 3. The van der Waals surface area contributed by atoms with Crippen molar-refractivity contribution in [2.45, 2.75) is 12.3 Å². The predicted octanol–water partition coefficient (Wildman–Crippen LogP) is 2.98. The Morgan fingerprint density at radius 3 is 2.33 bits per heavy atom. The van der Waals surface area contributed by atoms with Gasteiger partial charge in [0.25, 0.3) is 0 Å². The van der Waals surface area contributed by atoms with Crippen molar-refractivity contribution < 1.29 is 14.3 Å². The van der Waals surface area contributed by atoms with Crippen molar-refractivity contribution in [3.05, 3.63) is 53.6 Å². The van der Waals surface area contributed by atoms with Crippen LogP contribution in [0.3, 0.4) is 0 Å². The quantitative estimate of drug-likeness (QED) is 0.942. The van der Waals surface area contributed by atoms with Gasteiger partial charge in [0.2, 0.25) is 5.91 Å². The van der Waals surface area contributed by atoms with Gasteiger partial charge in [-0.3, -0.25) is 4.79 Å². The van der Waals surface area contributed by atoms with Gasteiger partial charge in [-0.2, -0.15) is 0 Å². The van der Waals surface area contributed by atoms with E-state index in [4.69, 9.17) is 9.47 Å². The Hall–Kier alpha value is -2.49. The van der Waals surface area contributed by atoms with Gasteiger partial charge in [-0.25, -0.2) is 0 Å². The molecule has 4 nitrogen and oxygen atoms in total. The highest BCUT2D eigenvalue weighted by Gasteiger charge is 2.27. The molecule has 0 unspecified atom stereocenters. The minimum absolute atomic E-state index is 0.0258. The maximum atomic E-state index is 12.3. The highest BCUT2D eigenvalue weighted by atomic mass is 16.5. The number of nitrogens with one attached hydrogen (secondary N) is 1. The van der Waals surface area contributed by atoms with Crippen molar-refractivity contribution in [1.29, 1.82) is 0 Å². The highest BCUT2D eigenvalue weighted by Crippen LogP contribution is 2.34. The molecule has 0 fully saturated rings. The minimum atomic E-state index is -0.185. The van der Waals surface area contributed by atoms with Crippen LogP contribution in [-0.2, 0) is 11.2 Å². The molecule has 4 heteroatoms. The highest BCUT2D eigenvalue weighted by molar-refractivity contribution is 5.99. The van der Waals surface area contributed by atoms with Crippen LogP contribution in [-0.4, -0.2) is 20.1 Å². The second-order valence-corrected chi connectivity index (χ2v) is 5.04. The van der Waals surface area contributed by atoms with Gasteiger partial charge in [0.15, 0.2) is 0 Å². The Morgan fingerprint density at radius 2 is 1.67 bits per heavy atom. The van der Waals surface area contributed by atoms with E-state index in [1.165, 1.54) is 0 Å². The zero-order chi connectivity index (χ0) is 14.8. The molecule has 1 N–H and O–H groups in total. The normalized spacial score (nSPS) is 16.9. The molecule has 1 aliphatic rings. The van der Waals surface area contributed by atoms with Crippen molar-refractivity contribution >= 4 is 11.6 Å². The number of carbonyl (C=O) groups is 1. The molecule has 1 atom stereocenters. The van der Waals surface area contributed by atoms with Gasteiger partial charge in [-0.05, 0) is 47.9 Å². The van der Waals surface area contributed by atoms with Gasteiger partial charge in [0.1, 0.15) is 11.5 Å². The lowest BCUT2D eigenvalue weighted by Crippen LogP contribution is -2.28. The van der Waals surface area contributed by atoms with Crippen LogP contribution in [0, 0.1) is 0 Å². The minimum Gasteiger partial charge on any atom is -0.497 e. The molecule has 0 spiro atoms. The van der Waals surface area contributed by atoms with E-state index >= 15 is 0 Å². The number of carbonyl (C=O) groups excluding carboxylic acids is 1. The number of ether oxygens (including phenoxy) is 2. The Bertz CT molecular complexity index is 664. The van der Waals surface area contributed by atoms with E-state index in [-0.39, 0.29) is 11.8 Å². The third kappa shape index (κ3) is 2.57. The van der Waals surface area contributed by atoms with Gasteiger partial charge >= 0.3 is 0 Å². The Labute approximate surface area is 123 Å². The maximum absolute atomic E-state index is 12.3. The lowest BCUT2D eigenvalue weighted by atomic mass is 9.87. The average molecular weight is 283 g/mol. The molecule has 2 aromatic carbocycles. The van der Waals surface area contributed by atoms with Crippen molar-refractivity contribution in [3.8, 4) is 11.5 Å². The molecule has 21 heavy (non-hydrogen) atoms. The Kier molecular flexibility index (Phi) is 3.52. The van der Waals surface area contributed by atoms with E-state index in [0.717, 1.165) is 28.3 Å². The molecule has 0 bridgehead atoms. The van der Waals surface area contributed by atoms with E-state index < -0.39 is 0 Å². The second-order valence-electron chi connectivity index (χ2n) is 5.04. The van der Waals surface area contributed by atoms with E-state index in [1.54, 1.807) is 14.2 Å². The first kappa shape index (κ1) is 13.5. The van der Waals surface area contributed by atoms with Crippen molar-refractivity contribution in [2.24, 2.45) is 0 Å². The topological polar surface area (TPSA) is 47.6 Å². The van der Waals surface area contributed by atoms with Crippen LogP contribution in [0.4, 0.5) is 5.69 Å². The standard InChI is InChI=1S/C17H17NO3/c1-20-13-5-3-11(4-6-13)15-10-12-9-14(21-2)7-8-16(12)18-17(15)19/h3-9,15H,10H2,1-2H3,(H,18,19)/t15-/m0/s1. The fourth-order valence-electron chi connectivity index (χ4n) is 2.63. The Morgan fingerprint density at radius 1 is 1.00 bits per heavy atom. The summed E-state index contributed by atoms with van der Waals surface area (Å²) >= 11 is 0. The number of methoxy groups -OCH3 is 2. The predicted molar refractivity (Wildman–Crippen MR) is 81.1 cm³/mol. The summed E-state index contributed by atoms with van der Waals surface area (Å²) in [6.45, 7) is 0. The summed E-state index contributed by atoms with van der Waals surface area (Å²) in [5.41, 5.74) is 2.95. The number of benzene rings is 2. The molecule has 108 valence electrons. The number of hydrogen-bond acceptors (Lipinski definition) is 3. The van der Waals surface area contributed by atoms with Crippen molar-refractivity contribution in [1.82, 2.24) is 0 Å². The summed E-state index contributed by atoms with van der Waals surface area (Å²) in [5.74, 6) is 1.43. The summed E-state index contributed by atoms with van der Waals surface area (Å²) in [5, 5.41) is 2.96. The smallest absolute Gasteiger partial charge is 0.232 e. The zero-order valence-electron chi connectivity index (χ0n) is 12.1.